The molecule has 0 saturated carbocycles. The van der Waals surface area contributed by atoms with Gasteiger partial charge in [0.15, 0.2) is 5.78 Å². The Labute approximate surface area is 92.8 Å². The lowest BCUT2D eigenvalue weighted by molar-refractivity contribution is -0.133. The summed E-state index contributed by atoms with van der Waals surface area (Å²) in [5, 5.41) is 0. The van der Waals surface area contributed by atoms with Crippen LogP contribution in [-0.4, -0.2) is 42.5 Å². The SMILES string of the molecule is CCCC(=O)C(C)(CC)N1CCOCC1. The molecular formula is C12H23NO2. The number of carbonyl (C=O) groups excluding carboxylic acids is 1. The summed E-state index contributed by atoms with van der Waals surface area (Å²) >= 11 is 0. The predicted octanol–water partition coefficient (Wildman–Crippen LogP) is 1.86. The Morgan fingerprint density at radius 1 is 1.33 bits per heavy atom. The fourth-order valence-electron chi connectivity index (χ4n) is 2.15. The summed E-state index contributed by atoms with van der Waals surface area (Å²) in [6, 6.07) is 0. The second-order valence-electron chi connectivity index (χ2n) is 4.40. The molecule has 0 spiro atoms. The maximum atomic E-state index is 12.1. The van der Waals surface area contributed by atoms with Crippen LogP contribution in [0.3, 0.4) is 0 Å². The van der Waals surface area contributed by atoms with Gasteiger partial charge in [0.1, 0.15) is 0 Å². The first kappa shape index (κ1) is 12.7. The van der Waals surface area contributed by atoms with Gasteiger partial charge in [-0.05, 0) is 19.8 Å². The van der Waals surface area contributed by atoms with Gasteiger partial charge < -0.3 is 4.74 Å². The lowest BCUT2D eigenvalue weighted by Gasteiger charge is -2.41. The van der Waals surface area contributed by atoms with Crippen molar-refractivity contribution < 1.29 is 9.53 Å². The molecule has 1 unspecified atom stereocenters. The van der Waals surface area contributed by atoms with Crippen LogP contribution in [0.2, 0.25) is 0 Å². The molecule has 1 fully saturated rings. The largest absolute Gasteiger partial charge is 0.379 e. The third kappa shape index (κ3) is 2.79. The molecule has 0 N–H and O–H groups in total. The molecule has 0 amide bonds. The lowest BCUT2D eigenvalue weighted by Crippen LogP contribution is -2.55. The van der Waals surface area contributed by atoms with Crippen molar-refractivity contribution in [2.24, 2.45) is 0 Å². The van der Waals surface area contributed by atoms with E-state index in [9.17, 15) is 4.79 Å². The molecule has 1 rings (SSSR count). The molecule has 3 heteroatoms. The van der Waals surface area contributed by atoms with E-state index in [0.29, 0.717) is 12.2 Å². The maximum Gasteiger partial charge on any atom is 0.152 e. The zero-order valence-electron chi connectivity index (χ0n) is 10.2. The van der Waals surface area contributed by atoms with Gasteiger partial charge in [0.25, 0.3) is 0 Å². The van der Waals surface area contributed by atoms with Crippen molar-refractivity contribution in [1.82, 2.24) is 4.90 Å². The average Bonchev–Trinajstić information content (AvgIpc) is 2.29. The van der Waals surface area contributed by atoms with Crippen LogP contribution in [0.25, 0.3) is 0 Å². The van der Waals surface area contributed by atoms with Crippen LogP contribution in [0.1, 0.15) is 40.0 Å². The van der Waals surface area contributed by atoms with Crippen molar-refractivity contribution in [3.63, 3.8) is 0 Å². The zero-order valence-corrected chi connectivity index (χ0v) is 10.2. The normalized spacial score (nSPS) is 22.3. The number of nitrogens with zero attached hydrogens (tertiary/aromatic N) is 1. The summed E-state index contributed by atoms with van der Waals surface area (Å²) in [5.41, 5.74) is -0.264. The molecule has 0 aromatic rings. The third-order valence-electron chi connectivity index (χ3n) is 3.48. The summed E-state index contributed by atoms with van der Waals surface area (Å²) in [7, 11) is 0. The second kappa shape index (κ2) is 5.61. The number of ether oxygens (including phenoxy) is 1. The lowest BCUT2D eigenvalue weighted by atomic mass is 9.88. The molecule has 1 atom stereocenters. The summed E-state index contributed by atoms with van der Waals surface area (Å²) in [6.07, 6.45) is 2.53. The van der Waals surface area contributed by atoms with Crippen molar-refractivity contribution >= 4 is 5.78 Å². The molecule has 88 valence electrons. The van der Waals surface area contributed by atoms with Gasteiger partial charge in [-0.25, -0.2) is 0 Å². The molecule has 3 nitrogen and oxygen atoms in total. The van der Waals surface area contributed by atoms with Gasteiger partial charge in [-0.3, -0.25) is 9.69 Å². The van der Waals surface area contributed by atoms with E-state index < -0.39 is 0 Å². The van der Waals surface area contributed by atoms with E-state index in [1.54, 1.807) is 0 Å². The van der Waals surface area contributed by atoms with Crippen LogP contribution in [0.4, 0.5) is 0 Å². The van der Waals surface area contributed by atoms with E-state index in [-0.39, 0.29) is 5.54 Å². The molecule has 0 aromatic carbocycles. The standard InChI is InChI=1S/C12H23NO2/c1-4-6-11(14)12(3,5-2)13-7-9-15-10-8-13/h4-10H2,1-3H3. The van der Waals surface area contributed by atoms with Crippen LogP contribution >= 0.6 is 0 Å². The highest BCUT2D eigenvalue weighted by Crippen LogP contribution is 2.23. The van der Waals surface area contributed by atoms with Gasteiger partial charge in [0.05, 0.1) is 18.8 Å². The van der Waals surface area contributed by atoms with Gasteiger partial charge >= 0.3 is 0 Å². The number of hydrogen-bond donors (Lipinski definition) is 0. The maximum absolute atomic E-state index is 12.1. The molecule has 15 heavy (non-hydrogen) atoms. The van der Waals surface area contributed by atoms with Gasteiger partial charge in [0.2, 0.25) is 0 Å². The van der Waals surface area contributed by atoms with E-state index in [0.717, 1.165) is 39.1 Å². The van der Waals surface area contributed by atoms with Gasteiger partial charge in [-0.2, -0.15) is 0 Å². The highest BCUT2D eigenvalue weighted by Gasteiger charge is 2.37. The molecule has 0 aliphatic carbocycles. The van der Waals surface area contributed by atoms with Crippen molar-refractivity contribution in [3.8, 4) is 0 Å². The van der Waals surface area contributed by atoms with Crippen LogP contribution < -0.4 is 0 Å². The summed E-state index contributed by atoms with van der Waals surface area (Å²) in [5.74, 6) is 0.384. The molecule has 1 aliphatic rings. The fraction of sp³-hybridized carbons (Fsp3) is 0.917. The Hall–Kier alpha value is -0.410. The highest BCUT2D eigenvalue weighted by molar-refractivity contribution is 5.87. The molecular weight excluding hydrogens is 190 g/mol. The Balaban J connectivity index is 2.68. The molecule has 1 saturated heterocycles. The third-order valence-corrected chi connectivity index (χ3v) is 3.48. The van der Waals surface area contributed by atoms with Crippen LogP contribution in [0, 0.1) is 0 Å². The smallest absolute Gasteiger partial charge is 0.152 e. The molecule has 1 heterocycles. The first-order chi connectivity index (χ1) is 7.15. The zero-order chi connectivity index (χ0) is 11.3. The Morgan fingerprint density at radius 2 is 1.93 bits per heavy atom. The van der Waals surface area contributed by atoms with E-state index >= 15 is 0 Å². The van der Waals surface area contributed by atoms with E-state index in [1.807, 2.05) is 0 Å². The minimum absolute atomic E-state index is 0.264. The predicted molar refractivity (Wildman–Crippen MR) is 61.0 cm³/mol. The fourth-order valence-corrected chi connectivity index (χ4v) is 2.15. The number of morpholine rings is 1. The Bertz CT molecular complexity index is 212. The summed E-state index contributed by atoms with van der Waals surface area (Å²) in [6.45, 7) is 9.54. The van der Waals surface area contributed by atoms with Crippen molar-refractivity contribution in [2.45, 2.75) is 45.6 Å². The van der Waals surface area contributed by atoms with E-state index in [2.05, 4.69) is 25.7 Å². The van der Waals surface area contributed by atoms with Crippen LogP contribution in [0.15, 0.2) is 0 Å². The van der Waals surface area contributed by atoms with Crippen molar-refractivity contribution in [3.05, 3.63) is 0 Å². The van der Waals surface area contributed by atoms with E-state index in [1.165, 1.54) is 0 Å². The number of Topliss-reactive ketones (excluding diaryl/α,β-unsaturated/α-hetero) is 1. The molecule has 0 radical (unpaired) electrons. The minimum atomic E-state index is -0.264. The topological polar surface area (TPSA) is 29.5 Å². The Morgan fingerprint density at radius 3 is 2.40 bits per heavy atom. The average molecular weight is 213 g/mol. The number of ketones is 1. The minimum Gasteiger partial charge on any atom is -0.379 e. The van der Waals surface area contributed by atoms with Crippen molar-refractivity contribution in [2.75, 3.05) is 26.3 Å². The Kier molecular flexibility index (Phi) is 4.74. The monoisotopic (exact) mass is 213 g/mol. The first-order valence-electron chi connectivity index (χ1n) is 6.01. The number of rotatable bonds is 5. The highest BCUT2D eigenvalue weighted by atomic mass is 16.5. The van der Waals surface area contributed by atoms with Crippen LogP contribution in [-0.2, 0) is 9.53 Å². The van der Waals surface area contributed by atoms with Gasteiger partial charge in [-0.1, -0.05) is 13.8 Å². The molecule has 0 aromatic heterocycles. The van der Waals surface area contributed by atoms with Gasteiger partial charge in [0, 0.05) is 19.5 Å². The van der Waals surface area contributed by atoms with Gasteiger partial charge in [-0.15, -0.1) is 0 Å². The number of carbonyl (C=O) groups is 1. The second-order valence-corrected chi connectivity index (χ2v) is 4.40. The van der Waals surface area contributed by atoms with Crippen molar-refractivity contribution in [1.29, 1.82) is 0 Å². The summed E-state index contributed by atoms with van der Waals surface area (Å²) < 4.78 is 5.33. The molecule has 0 bridgehead atoms. The van der Waals surface area contributed by atoms with Crippen LogP contribution in [0.5, 0.6) is 0 Å². The quantitative estimate of drug-likeness (QED) is 0.698. The summed E-state index contributed by atoms with van der Waals surface area (Å²) in [4.78, 5) is 14.4. The first-order valence-corrected chi connectivity index (χ1v) is 6.01. The molecule has 1 aliphatic heterocycles. The number of hydrogen-bond acceptors (Lipinski definition) is 3. The van der Waals surface area contributed by atoms with E-state index in [4.69, 9.17) is 4.74 Å².